The number of benzene rings is 1. The second-order valence-electron chi connectivity index (χ2n) is 2.01. The second-order valence-corrected chi connectivity index (χ2v) is 3.75. The van der Waals surface area contributed by atoms with Crippen LogP contribution in [-0.4, -0.2) is 5.75 Å². The predicted octanol–water partition coefficient (Wildman–Crippen LogP) is 3.59. The molecule has 1 aromatic rings. The van der Waals surface area contributed by atoms with Crippen LogP contribution in [0.3, 0.4) is 0 Å². The Morgan fingerprint density at radius 1 is 1.55 bits per heavy atom. The minimum atomic E-state index is -0.355. The lowest BCUT2D eigenvalue weighted by Gasteiger charge is -1.98. The Kier molecular flexibility index (Phi) is 3.21. The van der Waals surface area contributed by atoms with Gasteiger partial charge in [-0.25, -0.2) is 4.39 Å². The quantitative estimate of drug-likeness (QED) is 0.643. The molecule has 0 fully saturated rings. The van der Waals surface area contributed by atoms with E-state index in [9.17, 15) is 4.39 Å². The molecule has 0 bridgehead atoms. The Morgan fingerprint density at radius 3 is 2.82 bits per heavy atom. The van der Waals surface area contributed by atoms with Crippen LogP contribution in [0.2, 0.25) is 5.02 Å². The van der Waals surface area contributed by atoms with Crippen molar-refractivity contribution in [1.82, 2.24) is 0 Å². The molecule has 0 atom stereocenters. The van der Waals surface area contributed by atoms with Crippen LogP contribution < -0.4 is 0 Å². The summed E-state index contributed by atoms with van der Waals surface area (Å²) in [5.74, 6) is 0.620. The Bertz CT molecular complexity index is 250. The molecule has 0 aliphatic heterocycles. The number of hydrogen-bond acceptors (Lipinski definition) is 1. The summed E-state index contributed by atoms with van der Waals surface area (Å²) in [6.07, 6.45) is 0. The molecule has 0 spiro atoms. The van der Waals surface area contributed by atoms with Gasteiger partial charge < -0.3 is 0 Å². The van der Waals surface area contributed by atoms with E-state index in [0.29, 0.717) is 0 Å². The van der Waals surface area contributed by atoms with E-state index in [0.717, 1.165) is 10.6 Å². The zero-order valence-electron chi connectivity index (χ0n) is 6.10. The summed E-state index contributed by atoms with van der Waals surface area (Å²) in [4.78, 5) is 1.01. The summed E-state index contributed by atoms with van der Waals surface area (Å²) in [5.41, 5.74) is 0. The van der Waals surface area contributed by atoms with Gasteiger partial charge in [-0.05, 0) is 24.0 Å². The summed E-state index contributed by atoms with van der Waals surface area (Å²) >= 11 is 7.21. The van der Waals surface area contributed by atoms with Gasteiger partial charge in [0.25, 0.3) is 0 Å². The first-order chi connectivity index (χ1) is 5.24. The smallest absolute Gasteiger partial charge is 0.141 e. The molecule has 0 saturated carbocycles. The average Bonchev–Trinajstić information content (AvgIpc) is 1.98. The van der Waals surface area contributed by atoms with Crippen molar-refractivity contribution in [1.29, 1.82) is 0 Å². The van der Waals surface area contributed by atoms with Gasteiger partial charge in [0.05, 0.1) is 5.02 Å². The Balaban J connectivity index is 2.86. The fraction of sp³-hybridized carbons (Fsp3) is 0.250. The number of hydrogen-bond donors (Lipinski definition) is 0. The van der Waals surface area contributed by atoms with Gasteiger partial charge >= 0.3 is 0 Å². The van der Waals surface area contributed by atoms with E-state index >= 15 is 0 Å². The average molecular weight is 191 g/mol. The maximum Gasteiger partial charge on any atom is 0.141 e. The second kappa shape index (κ2) is 3.98. The van der Waals surface area contributed by atoms with Crippen LogP contribution in [0, 0.1) is 5.82 Å². The standard InChI is InChI=1S/C8H8ClFS/c1-2-11-6-3-4-8(10)7(9)5-6/h3-5H,2H2,1H3. The SMILES string of the molecule is CCSc1ccc(F)c(Cl)c1. The third-order valence-electron chi connectivity index (χ3n) is 1.20. The lowest BCUT2D eigenvalue weighted by molar-refractivity contribution is 0.627. The van der Waals surface area contributed by atoms with Crippen molar-refractivity contribution >= 4 is 23.4 Å². The maximum absolute atomic E-state index is 12.6. The molecule has 1 rings (SSSR count). The molecule has 0 N–H and O–H groups in total. The Labute approximate surface area is 74.8 Å². The van der Waals surface area contributed by atoms with Gasteiger partial charge in [-0.2, -0.15) is 0 Å². The molecular weight excluding hydrogens is 183 g/mol. The van der Waals surface area contributed by atoms with Gasteiger partial charge in [0.1, 0.15) is 5.82 Å². The monoisotopic (exact) mass is 190 g/mol. The van der Waals surface area contributed by atoms with Gasteiger partial charge in [-0.3, -0.25) is 0 Å². The summed E-state index contributed by atoms with van der Waals surface area (Å²) in [6.45, 7) is 2.04. The van der Waals surface area contributed by atoms with E-state index < -0.39 is 0 Å². The lowest BCUT2D eigenvalue weighted by atomic mass is 10.3. The van der Waals surface area contributed by atoms with Crippen LogP contribution in [0.15, 0.2) is 23.1 Å². The first-order valence-electron chi connectivity index (χ1n) is 3.32. The lowest BCUT2D eigenvalue weighted by Crippen LogP contribution is -1.77. The highest BCUT2D eigenvalue weighted by Crippen LogP contribution is 2.23. The van der Waals surface area contributed by atoms with Gasteiger partial charge in [0.2, 0.25) is 0 Å². The maximum atomic E-state index is 12.6. The summed E-state index contributed by atoms with van der Waals surface area (Å²) < 4.78 is 12.6. The molecule has 0 aromatic heterocycles. The van der Waals surface area contributed by atoms with Crippen molar-refractivity contribution in [3.63, 3.8) is 0 Å². The number of halogens is 2. The van der Waals surface area contributed by atoms with Crippen LogP contribution in [-0.2, 0) is 0 Å². The fourth-order valence-electron chi connectivity index (χ4n) is 0.733. The van der Waals surface area contributed by atoms with E-state index in [2.05, 4.69) is 0 Å². The van der Waals surface area contributed by atoms with Gasteiger partial charge in [-0.1, -0.05) is 18.5 Å². The Morgan fingerprint density at radius 2 is 2.27 bits per heavy atom. The van der Waals surface area contributed by atoms with Crippen LogP contribution in [0.25, 0.3) is 0 Å². The van der Waals surface area contributed by atoms with E-state index in [1.807, 2.05) is 6.92 Å². The van der Waals surface area contributed by atoms with E-state index in [1.165, 1.54) is 6.07 Å². The zero-order valence-corrected chi connectivity index (χ0v) is 7.68. The van der Waals surface area contributed by atoms with E-state index in [4.69, 9.17) is 11.6 Å². The highest BCUT2D eigenvalue weighted by Gasteiger charge is 1.99. The largest absolute Gasteiger partial charge is 0.205 e. The van der Waals surface area contributed by atoms with Crippen LogP contribution >= 0.6 is 23.4 Å². The van der Waals surface area contributed by atoms with Gasteiger partial charge in [-0.15, -0.1) is 11.8 Å². The third-order valence-corrected chi connectivity index (χ3v) is 2.37. The normalized spacial score (nSPS) is 10.1. The van der Waals surface area contributed by atoms with Crippen molar-refractivity contribution in [2.45, 2.75) is 11.8 Å². The minimum Gasteiger partial charge on any atom is -0.205 e. The van der Waals surface area contributed by atoms with Crippen molar-refractivity contribution in [2.75, 3.05) is 5.75 Å². The first kappa shape index (κ1) is 8.88. The molecule has 60 valence electrons. The third kappa shape index (κ3) is 2.38. The summed E-state index contributed by atoms with van der Waals surface area (Å²) in [5, 5.41) is 0.198. The molecule has 0 saturated heterocycles. The topological polar surface area (TPSA) is 0 Å². The van der Waals surface area contributed by atoms with Crippen molar-refractivity contribution < 1.29 is 4.39 Å². The van der Waals surface area contributed by atoms with Crippen LogP contribution in [0.4, 0.5) is 4.39 Å². The zero-order chi connectivity index (χ0) is 8.27. The van der Waals surface area contributed by atoms with E-state index in [1.54, 1.807) is 23.9 Å². The highest BCUT2D eigenvalue weighted by atomic mass is 35.5. The molecule has 0 unspecified atom stereocenters. The van der Waals surface area contributed by atoms with Crippen LogP contribution in [0.1, 0.15) is 6.92 Å². The molecular formula is C8H8ClFS. The van der Waals surface area contributed by atoms with Gasteiger partial charge in [0.15, 0.2) is 0 Å². The van der Waals surface area contributed by atoms with Crippen LogP contribution in [0.5, 0.6) is 0 Å². The Hall–Kier alpha value is -0.210. The molecule has 0 aliphatic carbocycles. The molecule has 0 radical (unpaired) electrons. The molecule has 1 aromatic carbocycles. The molecule has 0 nitrogen and oxygen atoms in total. The van der Waals surface area contributed by atoms with Crippen molar-refractivity contribution in [2.24, 2.45) is 0 Å². The molecule has 0 heterocycles. The predicted molar refractivity (Wildman–Crippen MR) is 47.8 cm³/mol. The molecule has 11 heavy (non-hydrogen) atoms. The molecule has 3 heteroatoms. The molecule has 0 aliphatic rings. The summed E-state index contributed by atoms with van der Waals surface area (Å²) in [7, 11) is 0. The molecule has 0 amide bonds. The van der Waals surface area contributed by atoms with Crippen molar-refractivity contribution in [3.8, 4) is 0 Å². The van der Waals surface area contributed by atoms with Gasteiger partial charge in [0, 0.05) is 4.90 Å². The number of thioether (sulfide) groups is 1. The number of rotatable bonds is 2. The van der Waals surface area contributed by atoms with Crippen molar-refractivity contribution in [3.05, 3.63) is 29.0 Å². The first-order valence-corrected chi connectivity index (χ1v) is 4.68. The van der Waals surface area contributed by atoms with E-state index in [-0.39, 0.29) is 10.8 Å². The minimum absolute atomic E-state index is 0.198. The summed E-state index contributed by atoms with van der Waals surface area (Å²) in [6, 6.07) is 4.76. The highest BCUT2D eigenvalue weighted by molar-refractivity contribution is 7.99. The fourth-order valence-corrected chi connectivity index (χ4v) is 1.68.